The number of unbranched alkanes of at least 4 members (excludes halogenated alkanes) is 1. The summed E-state index contributed by atoms with van der Waals surface area (Å²) >= 11 is 0. The first-order valence-electron chi connectivity index (χ1n) is 6.57. The molecular weight excluding hydrogens is 210 g/mol. The Morgan fingerprint density at radius 1 is 1.29 bits per heavy atom. The first kappa shape index (κ1) is 13.8. The molecule has 1 N–H and O–H groups in total. The minimum absolute atomic E-state index is 0.127. The van der Waals surface area contributed by atoms with Crippen LogP contribution in [0.2, 0.25) is 0 Å². The van der Waals surface area contributed by atoms with Crippen LogP contribution in [0.1, 0.15) is 57.9 Å². The van der Waals surface area contributed by atoms with Crippen molar-refractivity contribution in [3.8, 4) is 0 Å². The van der Waals surface area contributed by atoms with Crippen LogP contribution in [0, 0.1) is 0 Å². The van der Waals surface area contributed by atoms with E-state index in [4.69, 9.17) is 0 Å². The lowest BCUT2D eigenvalue weighted by Crippen LogP contribution is -2.13. The summed E-state index contributed by atoms with van der Waals surface area (Å²) in [5.41, 5.74) is 2.21. The molecule has 0 heterocycles. The molecule has 0 saturated heterocycles. The van der Waals surface area contributed by atoms with E-state index in [1.54, 1.807) is 0 Å². The molecule has 0 aliphatic heterocycles. The van der Waals surface area contributed by atoms with Crippen molar-refractivity contribution in [2.75, 3.05) is 5.32 Å². The zero-order chi connectivity index (χ0) is 12.7. The van der Waals surface area contributed by atoms with E-state index in [0.717, 1.165) is 24.9 Å². The normalized spacial score (nSPS) is 12.2. The van der Waals surface area contributed by atoms with Crippen LogP contribution in [0.15, 0.2) is 24.3 Å². The van der Waals surface area contributed by atoms with Gasteiger partial charge in [-0.1, -0.05) is 45.4 Å². The van der Waals surface area contributed by atoms with Gasteiger partial charge < -0.3 is 5.32 Å². The van der Waals surface area contributed by atoms with Gasteiger partial charge in [-0.3, -0.25) is 4.79 Å². The van der Waals surface area contributed by atoms with Gasteiger partial charge in [0.1, 0.15) is 0 Å². The van der Waals surface area contributed by atoms with Gasteiger partial charge in [-0.25, -0.2) is 0 Å². The fraction of sp³-hybridized carbons (Fsp3) is 0.533. The van der Waals surface area contributed by atoms with Gasteiger partial charge in [-0.15, -0.1) is 0 Å². The smallest absolute Gasteiger partial charge is 0.224 e. The van der Waals surface area contributed by atoms with E-state index in [9.17, 15) is 4.79 Å². The SMILES string of the molecule is CCCCC(=O)Nc1ccccc1[C@H](C)CC. The maximum Gasteiger partial charge on any atom is 0.224 e. The van der Waals surface area contributed by atoms with E-state index < -0.39 is 0 Å². The third-order valence-corrected chi connectivity index (χ3v) is 3.14. The molecule has 94 valence electrons. The topological polar surface area (TPSA) is 29.1 Å². The standard InChI is InChI=1S/C15H23NO/c1-4-6-11-15(17)16-14-10-8-7-9-13(14)12(3)5-2/h7-10,12H,4-6,11H2,1-3H3,(H,16,17)/t12-/m1/s1. The summed E-state index contributed by atoms with van der Waals surface area (Å²) < 4.78 is 0. The maximum absolute atomic E-state index is 11.7. The molecule has 0 aliphatic rings. The highest BCUT2D eigenvalue weighted by Crippen LogP contribution is 2.26. The molecule has 0 aromatic heterocycles. The number of carbonyl (C=O) groups is 1. The first-order chi connectivity index (χ1) is 8.19. The predicted octanol–water partition coefficient (Wildman–Crippen LogP) is 4.33. The van der Waals surface area contributed by atoms with Gasteiger partial charge in [0, 0.05) is 12.1 Å². The van der Waals surface area contributed by atoms with E-state index in [1.807, 2.05) is 18.2 Å². The Labute approximate surface area is 104 Å². The number of para-hydroxylation sites is 1. The quantitative estimate of drug-likeness (QED) is 0.778. The Hall–Kier alpha value is -1.31. The molecule has 0 spiro atoms. The molecule has 0 fully saturated rings. The van der Waals surface area contributed by atoms with Gasteiger partial charge in [0.05, 0.1) is 0 Å². The van der Waals surface area contributed by atoms with Crippen LogP contribution in [0.5, 0.6) is 0 Å². The number of anilines is 1. The fourth-order valence-corrected chi connectivity index (χ4v) is 1.81. The van der Waals surface area contributed by atoms with Gasteiger partial charge in [0.2, 0.25) is 5.91 Å². The van der Waals surface area contributed by atoms with Crippen LogP contribution in [0.4, 0.5) is 5.69 Å². The highest BCUT2D eigenvalue weighted by atomic mass is 16.1. The molecule has 0 bridgehead atoms. The van der Waals surface area contributed by atoms with Crippen molar-refractivity contribution in [3.63, 3.8) is 0 Å². The minimum atomic E-state index is 0.127. The van der Waals surface area contributed by atoms with Crippen molar-refractivity contribution in [1.29, 1.82) is 0 Å². The molecule has 17 heavy (non-hydrogen) atoms. The third-order valence-electron chi connectivity index (χ3n) is 3.14. The maximum atomic E-state index is 11.7. The first-order valence-corrected chi connectivity index (χ1v) is 6.57. The Balaban J connectivity index is 2.73. The average Bonchev–Trinajstić information content (AvgIpc) is 2.36. The zero-order valence-electron chi connectivity index (χ0n) is 11.1. The second-order valence-corrected chi connectivity index (χ2v) is 4.55. The van der Waals surface area contributed by atoms with E-state index in [1.165, 1.54) is 5.56 Å². The number of nitrogens with one attached hydrogen (secondary N) is 1. The number of hydrogen-bond donors (Lipinski definition) is 1. The molecule has 1 amide bonds. The second kappa shape index (κ2) is 7.10. The summed E-state index contributed by atoms with van der Waals surface area (Å²) in [5, 5.41) is 3.02. The molecule has 0 unspecified atom stereocenters. The van der Waals surface area contributed by atoms with E-state index >= 15 is 0 Å². The molecule has 0 radical (unpaired) electrons. The van der Waals surface area contributed by atoms with Crippen molar-refractivity contribution in [2.24, 2.45) is 0 Å². The summed E-state index contributed by atoms with van der Waals surface area (Å²) in [7, 11) is 0. The van der Waals surface area contributed by atoms with Crippen molar-refractivity contribution in [2.45, 2.75) is 52.4 Å². The second-order valence-electron chi connectivity index (χ2n) is 4.55. The van der Waals surface area contributed by atoms with Crippen molar-refractivity contribution < 1.29 is 4.79 Å². The monoisotopic (exact) mass is 233 g/mol. The molecule has 0 saturated carbocycles. The third kappa shape index (κ3) is 4.22. The van der Waals surface area contributed by atoms with Gasteiger partial charge in [0.25, 0.3) is 0 Å². The van der Waals surface area contributed by atoms with Crippen molar-refractivity contribution >= 4 is 11.6 Å². The molecular formula is C15H23NO. The van der Waals surface area contributed by atoms with Crippen LogP contribution in [-0.2, 0) is 4.79 Å². The zero-order valence-corrected chi connectivity index (χ0v) is 11.1. The Kier molecular flexibility index (Phi) is 5.75. The molecule has 2 heteroatoms. The molecule has 1 aromatic rings. The molecule has 1 atom stereocenters. The molecule has 0 aliphatic carbocycles. The van der Waals surface area contributed by atoms with Gasteiger partial charge in [0.15, 0.2) is 0 Å². The van der Waals surface area contributed by atoms with Crippen molar-refractivity contribution in [1.82, 2.24) is 0 Å². The summed E-state index contributed by atoms with van der Waals surface area (Å²) in [6.45, 7) is 6.46. The molecule has 1 aromatic carbocycles. The molecule has 1 rings (SSSR count). The summed E-state index contributed by atoms with van der Waals surface area (Å²) in [6.07, 6.45) is 3.71. The van der Waals surface area contributed by atoms with E-state index in [-0.39, 0.29) is 5.91 Å². The summed E-state index contributed by atoms with van der Waals surface area (Å²) in [4.78, 5) is 11.7. The Morgan fingerprint density at radius 2 is 2.00 bits per heavy atom. The number of rotatable bonds is 6. The highest BCUT2D eigenvalue weighted by Gasteiger charge is 2.10. The highest BCUT2D eigenvalue weighted by molar-refractivity contribution is 5.91. The van der Waals surface area contributed by atoms with Crippen molar-refractivity contribution in [3.05, 3.63) is 29.8 Å². The summed E-state index contributed by atoms with van der Waals surface area (Å²) in [6, 6.07) is 8.10. The predicted molar refractivity (Wildman–Crippen MR) is 73.3 cm³/mol. The van der Waals surface area contributed by atoms with Gasteiger partial charge >= 0.3 is 0 Å². The number of hydrogen-bond acceptors (Lipinski definition) is 1. The largest absolute Gasteiger partial charge is 0.326 e. The number of carbonyl (C=O) groups excluding carboxylic acids is 1. The fourth-order valence-electron chi connectivity index (χ4n) is 1.81. The Morgan fingerprint density at radius 3 is 2.65 bits per heavy atom. The van der Waals surface area contributed by atoms with Crippen LogP contribution in [-0.4, -0.2) is 5.91 Å². The van der Waals surface area contributed by atoms with Crippen LogP contribution in [0.3, 0.4) is 0 Å². The summed E-state index contributed by atoms with van der Waals surface area (Å²) in [5.74, 6) is 0.611. The molecule has 2 nitrogen and oxygen atoms in total. The number of amides is 1. The van der Waals surface area contributed by atoms with Crippen LogP contribution >= 0.6 is 0 Å². The van der Waals surface area contributed by atoms with Gasteiger partial charge in [-0.2, -0.15) is 0 Å². The lowest BCUT2D eigenvalue weighted by Gasteiger charge is -2.15. The lowest BCUT2D eigenvalue weighted by atomic mass is 9.97. The Bertz CT molecular complexity index is 360. The lowest BCUT2D eigenvalue weighted by molar-refractivity contribution is -0.116. The van der Waals surface area contributed by atoms with E-state index in [0.29, 0.717) is 12.3 Å². The van der Waals surface area contributed by atoms with Gasteiger partial charge in [-0.05, 0) is 30.4 Å². The van der Waals surface area contributed by atoms with Crippen LogP contribution < -0.4 is 5.32 Å². The van der Waals surface area contributed by atoms with Crippen LogP contribution in [0.25, 0.3) is 0 Å². The van der Waals surface area contributed by atoms with E-state index in [2.05, 4.69) is 32.2 Å². The number of benzene rings is 1. The minimum Gasteiger partial charge on any atom is -0.326 e. The average molecular weight is 233 g/mol.